The SMILES string of the molecule is O.O=[N+]([O-])c1cc([N+](=O)[O-])c(O)c([N+](=O)[O-])c1.[BaH2]. The zero-order valence-corrected chi connectivity index (χ0v) is 7.89. The van der Waals surface area contributed by atoms with Crippen molar-refractivity contribution in [3.8, 4) is 5.75 Å². The van der Waals surface area contributed by atoms with Gasteiger partial charge in [-0.15, -0.1) is 0 Å². The molecule has 0 spiro atoms. The molecule has 0 bridgehead atoms. The van der Waals surface area contributed by atoms with Crippen molar-refractivity contribution < 1.29 is 25.4 Å². The van der Waals surface area contributed by atoms with Crippen LogP contribution in [-0.4, -0.2) is 74.2 Å². The van der Waals surface area contributed by atoms with Crippen molar-refractivity contribution in [2.45, 2.75) is 0 Å². The zero-order chi connectivity index (χ0) is 12.5. The second-order valence-corrected chi connectivity index (χ2v) is 2.60. The summed E-state index contributed by atoms with van der Waals surface area (Å²) in [5.74, 6) is -1.21. The Hall–Kier alpha value is -1.25. The van der Waals surface area contributed by atoms with Gasteiger partial charge < -0.3 is 10.6 Å². The van der Waals surface area contributed by atoms with Gasteiger partial charge in [-0.3, -0.25) is 30.3 Å². The number of hydrogen-bond acceptors (Lipinski definition) is 7. The molecule has 0 unspecified atom stereocenters. The summed E-state index contributed by atoms with van der Waals surface area (Å²) in [4.78, 5) is 27.8. The van der Waals surface area contributed by atoms with Crippen LogP contribution in [-0.2, 0) is 0 Å². The number of phenols is 1. The van der Waals surface area contributed by atoms with Gasteiger partial charge in [0.25, 0.3) is 11.4 Å². The molecule has 18 heavy (non-hydrogen) atoms. The summed E-state index contributed by atoms with van der Waals surface area (Å²) < 4.78 is 0. The van der Waals surface area contributed by atoms with Gasteiger partial charge in [0, 0.05) is 0 Å². The normalized spacial score (nSPS) is 8.67. The van der Waals surface area contributed by atoms with E-state index in [1.165, 1.54) is 0 Å². The fourth-order valence-electron chi connectivity index (χ4n) is 0.974. The molecule has 3 N–H and O–H groups in total. The number of hydrogen-bond donors (Lipinski definition) is 1. The monoisotopic (exact) mass is 387 g/mol. The molecule has 1 aromatic carbocycles. The first-order chi connectivity index (χ1) is 7.34. The zero-order valence-electron chi connectivity index (χ0n) is 7.89. The number of phenolic OH excluding ortho intramolecular Hbond substituents is 1. The summed E-state index contributed by atoms with van der Waals surface area (Å²) in [7, 11) is 0. The number of non-ortho nitro benzene ring substituents is 1. The van der Waals surface area contributed by atoms with E-state index in [0.29, 0.717) is 12.1 Å². The molecule has 0 aliphatic carbocycles. The van der Waals surface area contributed by atoms with E-state index in [4.69, 9.17) is 5.11 Å². The Balaban J connectivity index is 0. The molecule has 1 rings (SSSR count). The number of nitro benzene ring substituents is 3. The van der Waals surface area contributed by atoms with Gasteiger partial charge in [0.05, 0.1) is 26.9 Å². The van der Waals surface area contributed by atoms with E-state index in [2.05, 4.69) is 0 Å². The van der Waals surface area contributed by atoms with E-state index in [-0.39, 0.29) is 54.4 Å². The maximum absolute atomic E-state index is 10.4. The van der Waals surface area contributed by atoms with Crippen LogP contribution >= 0.6 is 0 Å². The van der Waals surface area contributed by atoms with Crippen molar-refractivity contribution in [3.63, 3.8) is 0 Å². The maximum atomic E-state index is 10.4. The third-order valence-corrected chi connectivity index (χ3v) is 1.66. The summed E-state index contributed by atoms with van der Waals surface area (Å²) in [6.07, 6.45) is 0. The molecule has 0 saturated carbocycles. The third kappa shape index (κ3) is 3.90. The Kier molecular flexibility index (Phi) is 7.69. The second kappa shape index (κ2) is 7.24. The number of nitrogens with zero attached hydrogens (tertiary/aromatic N) is 3. The Morgan fingerprint density at radius 3 is 1.44 bits per heavy atom. The topological polar surface area (TPSA) is 181 Å². The van der Waals surface area contributed by atoms with Crippen LogP contribution in [0.2, 0.25) is 0 Å². The van der Waals surface area contributed by atoms with E-state index in [0.717, 1.165) is 0 Å². The summed E-state index contributed by atoms with van der Waals surface area (Å²) in [5.41, 5.74) is -3.00. The predicted octanol–water partition coefficient (Wildman–Crippen LogP) is -0.624. The van der Waals surface area contributed by atoms with Crippen molar-refractivity contribution in [1.82, 2.24) is 0 Å². The number of benzene rings is 1. The molecule has 96 valence electrons. The van der Waals surface area contributed by atoms with Crippen LogP contribution in [0.1, 0.15) is 0 Å². The molecule has 1 aromatic rings. The summed E-state index contributed by atoms with van der Waals surface area (Å²) in [6, 6.07) is 0.894. The minimum atomic E-state index is -1.21. The van der Waals surface area contributed by atoms with Crippen LogP contribution in [0.3, 0.4) is 0 Å². The number of nitro groups is 3. The average Bonchev–Trinajstić information content (AvgIpc) is 2.16. The Labute approximate surface area is 138 Å². The van der Waals surface area contributed by atoms with Gasteiger partial charge in [-0.1, -0.05) is 0 Å². The number of aromatic hydroxyl groups is 1. The summed E-state index contributed by atoms with van der Waals surface area (Å²) >= 11 is 0. The molecule has 0 amide bonds. The van der Waals surface area contributed by atoms with Gasteiger partial charge in [0.15, 0.2) is 0 Å². The van der Waals surface area contributed by atoms with Crippen molar-refractivity contribution >= 4 is 65.9 Å². The molecule has 11 nitrogen and oxygen atoms in total. The molecule has 0 aliphatic heterocycles. The second-order valence-electron chi connectivity index (χ2n) is 2.60. The Morgan fingerprint density at radius 2 is 1.22 bits per heavy atom. The van der Waals surface area contributed by atoms with Crippen LogP contribution in [0.4, 0.5) is 17.1 Å². The summed E-state index contributed by atoms with van der Waals surface area (Å²) in [6.45, 7) is 0. The average molecular weight is 386 g/mol. The molecule has 0 atom stereocenters. The van der Waals surface area contributed by atoms with Gasteiger partial charge in [0.2, 0.25) is 0 Å². The van der Waals surface area contributed by atoms with Crippen molar-refractivity contribution in [1.29, 1.82) is 0 Å². The fraction of sp³-hybridized carbons (Fsp3) is 0. The molecule has 0 aliphatic rings. The van der Waals surface area contributed by atoms with Gasteiger partial charge >= 0.3 is 60.3 Å². The molecule has 0 radical (unpaired) electrons. The van der Waals surface area contributed by atoms with Crippen LogP contribution < -0.4 is 0 Å². The van der Waals surface area contributed by atoms with E-state index < -0.39 is 37.6 Å². The number of rotatable bonds is 3. The van der Waals surface area contributed by atoms with Crippen molar-refractivity contribution in [2.24, 2.45) is 0 Å². The quantitative estimate of drug-likeness (QED) is 0.407. The summed E-state index contributed by atoms with van der Waals surface area (Å²) in [5, 5.41) is 40.2. The molecule has 0 fully saturated rings. The molecule has 12 heteroatoms. The Bertz CT molecular complexity index is 469. The molecule has 0 aromatic heterocycles. The first kappa shape index (κ1) is 19.1. The predicted molar refractivity (Wildman–Crippen MR) is 60.2 cm³/mol. The van der Waals surface area contributed by atoms with Crippen LogP contribution in [0.15, 0.2) is 12.1 Å². The van der Waals surface area contributed by atoms with Crippen LogP contribution in [0, 0.1) is 30.3 Å². The van der Waals surface area contributed by atoms with E-state index >= 15 is 0 Å². The first-order valence-electron chi connectivity index (χ1n) is 3.64. The van der Waals surface area contributed by atoms with Gasteiger partial charge in [0.1, 0.15) is 0 Å². The van der Waals surface area contributed by atoms with Crippen LogP contribution in [0.5, 0.6) is 5.75 Å². The van der Waals surface area contributed by atoms with Crippen molar-refractivity contribution in [2.75, 3.05) is 0 Å². The molecular formula is C6H7BaN3O8. The molecule has 0 saturated heterocycles. The molecule has 0 heterocycles. The fourth-order valence-corrected chi connectivity index (χ4v) is 0.974. The first-order valence-corrected chi connectivity index (χ1v) is 3.64. The Morgan fingerprint density at radius 1 is 0.889 bits per heavy atom. The molecular weight excluding hydrogens is 379 g/mol. The third-order valence-electron chi connectivity index (χ3n) is 1.66. The van der Waals surface area contributed by atoms with Gasteiger partial charge in [-0.2, -0.15) is 0 Å². The minimum absolute atomic E-state index is 0. The van der Waals surface area contributed by atoms with Crippen LogP contribution in [0.25, 0.3) is 0 Å². The van der Waals surface area contributed by atoms with Crippen molar-refractivity contribution in [3.05, 3.63) is 42.5 Å². The van der Waals surface area contributed by atoms with E-state index in [1.807, 2.05) is 0 Å². The van der Waals surface area contributed by atoms with E-state index in [9.17, 15) is 30.3 Å². The van der Waals surface area contributed by atoms with E-state index in [1.54, 1.807) is 0 Å². The van der Waals surface area contributed by atoms with Gasteiger partial charge in [-0.05, 0) is 0 Å². The van der Waals surface area contributed by atoms with Gasteiger partial charge in [-0.25, -0.2) is 0 Å². The standard InChI is InChI=1S/C6H3N3O7.Ba.H2O.2H/c10-6-4(8(13)14)1-3(7(11)12)2-5(6)9(15)16;;;;/h1-2,10H;;1H2;;.